The standard InChI is InChI=1S/C21H30N2O3/c1-14-12-18(26-21(14)25)17(13-15-8-4-2-5-9-15)23-20(24)19(22)16-10-6-3-7-11-16/h3,6-7,10-11,14-15,17-19H,2,4-5,8-9,12-13,22H2,1H3,(H,23,24)/t14-,17+,18+,19+/m1/s1. The van der Waals surface area contributed by atoms with Crippen LogP contribution < -0.4 is 11.1 Å². The fourth-order valence-corrected chi connectivity index (χ4v) is 4.17. The molecule has 26 heavy (non-hydrogen) atoms. The van der Waals surface area contributed by atoms with Crippen molar-refractivity contribution >= 4 is 11.9 Å². The van der Waals surface area contributed by atoms with Gasteiger partial charge in [0.15, 0.2) is 0 Å². The SMILES string of the molecule is C[C@@H]1C[C@@H]([C@H](CC2CCCCC2)NC(=O)[C@@H](N)c2ccccc2)OC1=O. The van der Waals surface area contributed by atoms with E-state index in [1.165, 1.54) is 32.1 Å². The molecular formula is C21H30N2O3. The first kappa shape index (κ1) is 18.9. The van der Waals surface area contributed by atoms with E-state index in [1.807, 2.05) is 37.3 Å². The number of benzene rings is 1. The zero-order valence-corrected chi connectivity index (χ0v) is 15.5. The molecular weight excluding hydrogens is 328 g/mol. The highest BCUT2D eigenvalue weighted by Crippen LogP contribution is 2.32. The predicted molar refractivity (Wildman–Crippen MR) is 100 cm³/mol. The van der Waals surface area contributed by atoms with Gasteiger partial charge in [-0.15, -0.1) is 0 Å². The molecule has 142 valence electrons. The Morgan fingerprint density at radius 3 is 2.54 bits per heavy atom. The van der Waals surface area contributed by atoms with Crippen LogP contribution in [0.3, 0.4) is 0 Å². The maximum absolute atomic E-state index is 12.7. The fourth-order valence-electron chi connectivity index (χ4n) is 4.17. The molecule has 1 amide bonds. The first-order chi connectivity index (χ1) is 12.5. The normalized spacial score (nSPS) is 26.2. The second-order valence-corrected chi connectivity index (χ2v) is 7.86. The summed E-state index contributed by atoms with van der Waals surface area (Å²) in [5.41, 5.74) is 6.94. The minimum Gasteiger partial charge on any atom is -0.460 e. The van der Waals surface area contributed by atoms with E-state index in [0.29, 0.717) is 12.3 Å². The molecule has 4 atom stereocenters. The topological polar surface area (TPSA) is 81.4 Å². The number of carbonyl (C=O) groups is 2. The van der Waals surface area contributed by atoms with Gasteiger partial charge in [0.2, 0.25) is 5.91 Å². The van der Waals surface area contributed by atoms with Gasteiger partial charge in [-0.1, -0.05) is 69.4 Å². The van der Waals surface area contributed by atoms with Gasteiger partial charge >= 0.3 is 5.97 Å². The molecule has 0 bridgehead atoms. The Labute approximate surface area is 155 Å². The van der Waals surface area contributed by atoms with Crippen molar-refractivity contribution in [3.05, 3.63) is 35.9 Å². The highest BCUT2D eigenvalue weighted by Gasteiger charge is 2.38. The van der Waals surface area contributed by atoms with Crippen molar-refractivity contribution in [1.29, 1.82) is 0 Å². The number of nitrogens with one attached hydrogen (secondary N) is 1. The van der Waals surface area contributed by atoms with Gasteiger partial charge in [0.25, 0.3) is 0 Å². The lowest BCUT2D eigenvalue weighted by atomic mass is 9.83. The van der Waals surface area contributed by atoms with Crippen LogP contribution in [-0.2, 0) is 14.3 Å². The smallest absolute Gasteiger partial charge is 0.309 e. The van der Waals surface area contributed by atoms with Gasteiger partial charge in [0.05, 0.1) is 12.0 Å². The molecule has 3 rings (SSSR count). The third-order valence-electron chi connectivity index (χ3n) is 5.79. The van der Waals surface area contributed by atoms with Crippen molar-refractivity contribution in [1.82, 2.24) is 5.32 Å². The predicted octanol–water partition coefficient (Wildman–Crippen LogP) is 3.09. The van der Waals surface area contributed by atoms with Crippen LogP contribution in [-0.4, -0.2) is 24.0 Å². The summed E-state index contributed by atoms with van der Waals surface area (Å²) in [6, 6.07) is 8.51. The van der Waals surface area contributed by atoms with E-state index >= 15 is 0 Å². The number of nitrogens with two attached hydrogens (primary N) is 1. The Bertz CT molecular complexity index is 613. The van der Waals surface area contributed by atoms with E-state index in [0.717, 1.165) is 12.0 Å². The molecule has 1 aliphatic heterocycles. The minimum atomic E-state index is -0.709. The third-order valence-corrected chi connectivity index (χ3v) is 5.79. The molecule has 3 N–H and O–H groups in total. The number of carbonyl (C=O) groups excluding carboxylic acids is 2. The molecule has 5 heteroatoms. The van der Waals surface area contributed by atoms with E-state index in [-0.39, 0.29) is 29.9 Å². The minimum absolute atomic E-state index is 0.103. The quantitative estimate of drug-likeness (QED) is 0.766. The average Bonchev–Trinajstić information content (AvgIpc) is 3.01. The molecule has 1 saturated carbocycles. The lowest BCUT2D eigenvalue weighted by Crippen LogP contribution is -2.47. The molecule has 0 unspecified atom stereocenters. The molecule has 1 aromatic rings. The number of hydrogen-bond acceptors (Lipinski definition) is 4. The molecule has 2 aliphatic rings. The van der Waals surface area contributed by atoms with Crippen LogP contribution in [0.15, 0.2) is 30.3 Å². The summed E-state index contributed by atoms with van der Waals surface area (Å²) >= 11 is 0. The summed E-state index contributed by atoms with van der Waals surface area (Å²) in [7, 11) is 0. The van der Waals surface area contributed by atoms with Crippen molar-refractivity contribution in [3.63, 3.8) is 0 Å². The van der Waals surface area contributed by atoms with Crippen LogP contribution in [0.2, 0.25) is 0 Å². The van der Waals surface area contributed by atoms with Gasteiger partial charge in [-0.2, -0.15) is 0 Å². The average molecular weight is 358 g/mol. The zero-order valence-electron chi connectivity index (χ0n) is 15.5. The maximum atomic E-state index is 12.7. The summed E-state index contributed by atoms with van der Waals surface area (Å²) in [6.07, 6.45) is 7.44. The lowest BCUT2D eigenvalue weighted by molar-refractivity contribution is -0.145. The summed E-state index contributed by atoms with van der Waals surface area (Å²) in [5, 5.41) is 3.10. The Kier molecular flexibility index (Phi) is 6.30. The second kappa shape index (κ2) is 8.67. The third kappa shape index (κ3) is 4.64. The van der Waals surface area contributed by atoms with E-state index in [2.05, 4.69) is 5.32 Å². The number of esters is 1. The summed E-state index contributed by atoms with van der Waals surface area (Å²) in [6.45, 7) is 1.89. The van der Waals surface area contributed by atoms with Crippen LogP contribution >= 0.6 is 0 Å². The molecule has 0 radical (unpaired) electrons. The first-order valence-corrected chi connectivity index (χ1v) is 9.86. The lowest BCUT2D eigenvalue weighted by Gasteiger charge is -2.30. The van der Waals surface area contributed by atoms with Crippen LogP contribution in [0, 0.1) is 11.8 Å². The summed E-state index contributed by atoms with van der Waals surface area (Å²) < 4.78 is 5.57. The molecule has 1 saturated heterocycles. The largest absolute Gasteiger partial charge is 0.460 e. The van der Waals surface area contributed by atoms with E-state index in [9.17, 15) is 9.59 Å². The molecule has 1 aliphatic carbocycles. The van der Waals surface area contributed by atoms with Crippen molar-refractivity contribution in [3.8, 4) is 0 Å². The maximum Gasteiger partial charge on any atom is 0.309 e. The molecule has 1 aromatic carbocycles. The first-order valence-electron chi connectivity index (χ1n) is 9.86. The Hall–Kier alpha value is -1.88. The van der Waals surface area contributed by atoms with Gasteiger partial charge in [-0.25, -0.2) is 0 Å². The molecule has 1 heterocycles. The molecule has 5 nitrogen and oxygen atoms in total. The van der Waals surface area contributed by atoms with Crippen LogP contribution in [0.25, 0.3) is 0 Å². The van der Waals surface area contributed by atoms with Crippen molar-refractivity contribution in [2.24, 2.45) is 17.6 Å². The number of cyclic esters (lactones) is 1. The van der Waals surface area contributed by atoms with E-state index in [1.54, 1.807) is 0 Å². The zero-order chi connectivity index (χ0) is 18.5. The number of amides is 1. The van der Waals surface area contributed by atoms with Crippen LogP contribution in [0.4, 0.5) is 0 Å². The fraction of sp³-hybridized carbons (Fsp3) is 0.619. The van der Waals surface area contributed by atoms with Gasteiger partial charge in [0, 0.05) is 0 Å². The molecule has 2 fully saturated rings. The van der Waals surface area contributed by atoms with Crippen molar-refractivity contribution in [2.45, 2.75) is 70.1 Å². The number of hydrogen-bond donors (Lipinski definition) is 2. The molecule has 0 spiro atoms. The van der Waals surface area contributed by atoms with Crippen LogP contribution in [0.1, 0.15) is 63.5 Å². The van der Waals surface area contributed by atoms with Crippen molar-refractivity contribution in [2.75, 3.05) is 0 Å². The monoisotopic (exact) mass is 358 g/mol. The van der Waals surface area contributed by atoms with Crippen LogP contribution in [0.5, 0.6) is 0 Å². The number of rotatable bonds is 6. The highest BCUT2D eigenvalue weighted by molar-refractivity contribution is 5.83. The van der Waals surface area contributed by atoms with Gasteiger partial charge in [0.1, 0.15) is 12.1 Å². The summed E-state index contributed by atoms with van der Waals surface area (Å²) in [5.74, 6) is 0.114. The van der Waals surface area contributed by atoms with Gasteiger partial charge in [-0.05, 0) is 24.3 Å². The Balaban J connectivity index is 1.68. The van der Waals surface area contributed by atoms with Crippen molar-refractivity contribution < 1.29 is 14.3 Å². The number of ether oxygens (including phenoxy) is 1. The van der Waals surface area contributed by atoms with E-state index < -0.39 is 6.04 Å². The molecule has 0 aromatic heterocycles. The summed E-state index contributed by atoms with van der Waals surface area (Å²) in [4.78, 5) is 24.6. The van der Waals surface area contributed by atoms with Gasteiger partial charge < -0.3 is 15.8 Å². The second-order valence-electron chi connectivity index (χ2n) is 7.86. The highest BCUT2D eigenvalue weighted by atomic mass is 16.6. The Morgan fingerprint density at radius 2 is 1.92 bits per heavy atom. The Morgan fingerprint density at radius 1 is 1.23 bits per heavy atom. The van der Waals surface area contributed by atoms with Gasteiger partial charge in [-0.3, -0.25) is 9.59 Å². The van der Waals surface area contributed by atoms with E-state index in [4.69, 9.17) is 10.5 Å².